The van der Waals surface area contributed by atoms with Gasteiger partial charge in [0.25, 0.3) is 5.69 Å². The Balaban J connectivity index is 3.39. The van der Waals surface area contributed by atoms with Gasteiger partial charge in [-0.05, 0) is 18.1 Å². The minimum Gasteiger partial charge on any atom is -0.282 e. The smallest absolute Gasteiger partial charge is 0.282 e. The lowest BCUT2D eigenvalue weighted by Crippen LogP contribution is -2.05. The van der Waals surface area contributed by atoms with Gasteiger partial charge in [-0.3, -0.25) is 14.7 Å². The van der Waals surface area contributed by atoms with Crippen LogP contribution in [0, 0.1) is 10.1 Å². The molecule has 0 saturated carbocycles. The van der Waals surface area contributed by atoms with Gasteiger partial charge in [-0.1, -0.05) is 6.07 Å². The van der Waals surface area contributed by atoms with Gasteiger partial charge < -0.3 is 0 Å². The standard InChI is InChI=1S/C8H8N2O5S/c9-4-3-6-1-2-7(10(11)12)8(5-6)16(13,14)15/h1-2,5H,3-4H2,(H,13,14,15). The van der Waals surface area contributed by atoms with E-state index in [2.05, 4.69) is 0 Å². The maximum atomic E-state index is 10.9. The average molecular weight is 244 g/mol. The monoisotopic (exact) mass is 244 g/mol. The number of rotatable bonds is 4. The molecule has 1 N–H and O–H groups in total. The van der Waals surface area contributed by atoms with Crippen LogP contribution in [0.15, 0.2) is 23.1 Å². The normalized spacial score (nSPS) is 11.4. The molecule has 0 aliphatic heterocycles. The first-order valence-corrected chi connectivity index (χ1v) is 5.66. The maximum absolute atomic E-state index is 10.9. The maximum Gasteiger partial charge on any atom is 0.301 e. The zero-order chi connectivity index (χ0) is 12.3. The van der Waals surface area contributed by atoms with Crippen LogP contribution >= 0.6 is 0 Å². The third-order valence-corrected chi connectivity index (χ3v) is 2.78. The van der Waals surface area contributed by atoms with Gasteiger partial charge in [0.2, 0.25) is 0 Å². The Labute approximate surface area is 91.8 Å². The van der Waals surface area contributed by atoms with Crippen molar-refractivity contribution in [2.75, 3.05) is 6.54 Å². The molecule has 0 fully saturated rings. The molecule has 16 heavy (non-hydrogen) atoms. The largest absolute Gasteiger partial charge is 0.301 e. The van der Waals surface area contributed by atoms with Gasteiger partial charge >= 0.3 is 10.1 Å². The number of hydrogen-bond acceptors (Lipinski definition) is 4. The molecule has 1 aromatic carbocycles. The summed E-state index contributed by atoms with van der Waals surface area (Å²) in [6.45, 7) is -0.220. The molecule has 0 bridgehead atoms. The summed E-state index contributed by atoms with van der Waals surface area (Å²) in [6, 6.07) is 3.28. The summed E-state index contributed by atoms with van der Waals surface area (Å²) in [6.07, 6.45) is 0.153. The summed E-state index contributed by atoms with van der Waals surface area (Å²) in [5.74, 6) is 0. The van der Waals surface area contributed by atoms with Crippen LogP contribution in [0.2, 0.25) is 0 Å². The lowest BCUT2D eigenvalue weighted by Gasteiger charge is -2.02. The topological polar surface area (TPSA) is 120 Å². The summed E-state index contributed by atoms with van der Waals surface area (Å²) in [4.78, 5) is 8.86. The van der Waals surface area contributed by atoms with E-state index in [0.717, 1.165) is 12.1 Å². The van der Waals surface area contributed by atoms with Crippen molar-refractivity contribution in [1.29, 1.82) is 0 Å². The van der Waals surface area contributed by atoms with Crippen LogP contribution < -0.4 is 5.73 Å². The number of benzene rings is 1. The van der Waals surface area contributed by atoms with Crippen molar-refractivity contribution in [3.05, 3.63) is 33.9 Å². The van der Waals surface area contributed by atoms with Crippen LogP contribution in [0.4, 0.5) is 5.69 Å². The highest BCUT2D eigenvalue weighted by Crippen LogP contribution is 2.24. The van der Waals surface area contributed by atoms with Crippen molar-refractivity contribution in [2.24, 2.45) is 0 Å². The quantitative estimate of drug-likeness (QED) is 0.468. The van der Waals surface area contributed by atoms with Crippen molar-refractivity contribution < 1.29 is 17.9 Å². The van der Waals surface area contributed by atoms with Crippen LogP contribution in [-0.2, 0) is 16.5 Å². The molecule has 0 atom stereocenters. The lowest BCUT2D eigenvalue weighted by atomic mass is 10.1. The molecule has 86 valence electrons. The van der Waals surface area contributed by atoms with Crippen molar-refractivity contribution in [1.82, 2.24) is 5.73 Å². The van der Waals surface area contributed by atoms with Crippen LogP contribution in [0.1, 0.15) is 5.56 Å². The minimum atomic E-state index is -4.64. The second-order valence-corrected chi connectivity index (χ2v) is 4.40. The molecule has 0 saturated heterocycles. The van der Waals surface area contributed by atoms with E-state index in [9.17, 15) is 18.5 Å². The first-order valence-electron chi connectivity index (χ1n) is 4.22. The number of nitro groups is 1. The Morgan fingerprint density at radius 3 is 2.50 bits per heavy atom. The van der Waals surface area contributed by atoms with Crippen LogP contribution in [-0.4, -0.2) is 24.4 Å². The first-order chi connectivity index (χ1) is 7.36. The highest BCUT2D eigenvalue weighted by molar-refractivity contribution is 7.86. The van der Waals surface area contributed by atoms with Crippen LogP contribution in [0.5, 0.6) is 0 Å². The molecule has 7 nitrogen and oxygen atoms in total. The number of nitro benzene ring substituents is 1. The number of nitrogens with zero attached hydrogens (tertiary/aromatic N) is 2. The molecular weight excluding hydrogens is 236 g/mol. The van der Waals surface area contributed by atoms with Gasteiger partial charge in [0.15, 0.2) is 4.90 Å². The Morgan fingerprint density at radius 1 is 1.44 bits per heavy atom. The zero-order valence-corrected chi connectivity index (χ0v) is 8.85. The Kier molecular flexibility index (Phi) is 3.58. The molecule has 8 heteroatoms. The van der Waals surface area contributed by atoms with E-state index in [1.54, 1.807) is 0 Å². The van der Waals surface area contributed by atoms with Gasteiger partial charge in [0, 0.05) is 12.6 Å². The van der Waals surface area contributed by atoms with E-state index in [-0.39, 0.29) is 13.0 Å². The highest BCUT2D eigenvalue weighted by Gasteiger charge is 2.23. The second-order valence-electron chi connectivity index (χ2n) is 3.01. The van der Waals surface area contributed by atoms with Crippen molar-refractivity contribution >= 4 is 15.8 Å². The summed E-state index contributed by atoms with van der Waals surface area (Å²) in [7, 11) is -4.64. The van der Waals surface area contributed by atoms with Crippen molar-refractivity contribution in [3.63, 3.8) is 0 Å². The van der Waals surface area contributed by atoms with E-state index in [4.69, 9.17) is 10.3 Å². The van der Waals surface area contributed by atoms with E-state index in [1.165, 1.54) is 6.07 Å². The first kappa shape index (κ1) is 12.6. The molecule has 0 unspecified atom stereocenters. The minimum absolute atomic E-state index is 0.153. The van der Waals surface area contributed by atoms with Crippen molar-refractivity contribution in [3.8, 4) is 0 Å². The van der Waals surface area contributed by atoms with E-state index >= 15 is 0 Å². The molecule has 0 amide bonds. The molecule has 0 aliphatic carbocycles. The second kappa shape index (κ2) is 4.56. The predicted molar refractivity (Wildman–Crippen MR) is 53.6 cm³/mol. The molecular formula is C8H8N2O5S. The molecule has 0 heterocycles. The van der Waals surface area contributed by atoms with Crippen LogP contribution in [0.25, 0.3) is 0 Å². The van der Waals surface area contributed by atoms with Gasteiger partial charge in [-0.2, -0.15) is 8.42 Å². The summed E-state index contributed by atoms with van der Waals surface area (Å²) in [5.41, 5.74) is 8.35. The summed E-state index contributed by atoms with van der Waals surface area (Å²) >= 11 is 0. The molecule has 0 spiro atoms. The fourth-order valence-electron chi connectivity index (χ4n) is 1.20. The average Bonchev–Trinajstić information content (AvgIpc) is 2.16. The Hall–Kier alpha value is -1.51. The fraction of sp³-hybridized carbons (Fsp3) is 0.250. The van der Waals surface area contributed by atoms with E-state index in [1.807, 2.05) is 0 Å². The molecule has 0 aliphatic rings. The van der Waals surface area contributed by atoms with Crippen molar-refractivity contribution in [2.45, 2.75) is 11.3 Å². The summed E-state index contributed by atoms with van der Waals surface area (Å²) in [5, 5.41) is 10.5. The van der Waals surface area contributed by atoms with Gasteiger partial charge in [0.1, 0.15) is 0 Å². The molecule has 2 radical (unpaired) electrons. The molecule has 1 rings (SSSR count). The van der Waals surface area contributed by atoms with Crippen LogP contribution in [0.3, 0.4) is 0 Å². The number of hydrogen-bond donors (Lipinski definition) is 1. The lowest BCUT2D eigenvalue weighted by molar-refractivity contribution is -0.387. The predicted octanol–water partition coefficient (Wildman–Crippen LogP) is 0.453. The molecule has 1 aromatic rings. The molecule has 0 aromatic heterocycles. The van der Waals surface area contributed by atoms with E-state index in [0.29, 0.717) is 5.56 Å². The zero-order valence-electron chi connectivity index (χ0n) is 8.03. The highest BCUT2D eigenvalue weighted by atomic mass is 32.2. The SMILES string of the molecule is [N]CCc1ccc([N+](=O)[O-])c(S(=O)(=O)O)c1. The summed E-state index contributed by atoms with van der Waals surface area (Å²) < 4.78 is 30.6. The third-order valence-electron chi connectivity index (χ3n) is 1.90. The van der Waals surface area contributed by atoms with Gasteiger partial charge in [-0.15, -0.1) is 5.73 Å². The Bertz CT molecular complexity index is 511. The van der Waals surface area contributed by atoms with Gasteiger partial charge in [0.05, 0.1) is 4.92 Å². The van der Waals surface area contributed by atoms with Gasteiger partial charge in [-0.25, -0.2) is 0 Å². The fourth-order valence-corrected chi connectivity index (χ4v) is 1.91. The third kappa shape index (κ3) is 2.75. The van der Waals surface area contributed by atoms with E-state index < -0.39 is 25.6 Å². The Morgan fingerprint density at radius 2 is 2.06 bits per heavy atom.